The van der Waals surface area contributed by atoms with E-state index in [4.69, 9.17) is 4.74 Å². The van der Waals surface area contributed by atoms with Crippen LogP contribution in [0.4, 0.5) is 0 Å². The van der Waals surface area contributed by atoms with Gasteiger partial charge in [0.2, 0.25) is 0 Å². The van der Waals surface area contributed by atoms with Crippen LogP contribution < -0.4 is 10.1 Å². The van der Waals surface area contributed by atoms with Crippen molar-refractivity contribution in [3.8, 4) is 17.6 Å². The normalized spacial score (nSPS) is 21.3. The molecule has 23 heavy (non-hydrogen) atoms. The van der Waals surface area contributed by atoms with Gasteiger partial charge in [-0.15, -0.1) is 0 Å². The molecule has 0 radical (unpaired) electrons. The summed E-state index contributed by atoms with van der Waals surface area (Å²) in [5.74, 6) is 0.566. The van der Waals surface area contributed by atoms with E-state index in [0.717, 1.165) is 19.3 Å². The van der Waals surface area contributed by atoms with Gasteiger partial charge in [0.1, 0.15) is 23.1 Å². The van der Waals surface area contributed by atoms with E-state index in [-0.39, 0.29) is 17.4 Å². The number of benzene rings is 1. The first kappa shape index (κ1) is 16.9. The highest BCUT2D eigenvalue weighted by Gasteiger charge is 2.24. The predicted molar refractivity (Wildman–Crippen MR) is 87.8 cm³/mol. The quantitative estimate of drug-likeness (QED) is 0.661. The summed E-state index contributed by atoms with van der Waals surface area (Å²) in [6, 6.07) is 6.69. The third kappa shape index (κ3) is 4.26. The van der Waals surface area contributed by atoms with Gasteiger partial charge in [-0.25, -0.2) is 0 Å². The Morgan fingerprint density at radius 1 is 1.43 bits per heavy atom. The van der Waals surface area contributed by atoms with Gasteiger partial charge in [0, 0.05) is 11.6 Å². The average molecular weight is 314 g/mol. The summed E-state index contributed by atoms with van der Waals surface area (Å²) in [6.07, 6.45) is 5.70. The molecule has 2 atom stereocenters. The number of nitriles is 1. The van der Waals surface area contributed by atoms with Crippen molar-refractivity contribution in [2.75, 3.05) is 7.11 Å². The second kappa shape index (κ2) is 7.68. The molecule has 122 valence electrons. The van der Waals surface area contributed by atoms with Crippen LogP contribution in [0.15, 0.2) is 23.8 Å². The van der Waals surface area contributed by atoms with Crippen LogP contribution in [0.3, 0.4) is 0 Å². The number of aromatic hydroxyl groups is 1. The molecule has 2 N–H and O–H groups in total. The van der Waals surface area contributed by atoms with Crippen LogP contribution >= 0.6 is 0 Å². The van der Waals surface area contributed by atoms with E-state index in [9.17, 15) is 15.2 Å². The number of methoxy groups -OCH3 is 1. The van der Waals surface area contributed by atoms with Gasteiger partial charge in [0.05, 0.1) is 7.11 Å². The van der Waals surface area contributed by atoms with Crippen molar-refractivity contribution in [2.45, 2.75) is 38.6 Å². The molecule has 0 heterocycles. The average Bonchev–Trinajstić information content (AvgIpc) is 2.56. The zero-order valence-corrected chi connectivity index (χ0v) is 13.5. The molecule has 0 aliphatic heterocycles. The Balaban J connectivity index is 2.18. The standard InChI is InChI=1S/C18H22N2O3/c1-12-5-3-4-6-16(12)20-18(22)14(11-19)9-13-10-15(23-2)7-8-17(13)21/h7-10,12,16,21H,3-6H2,1-2H3,(H,20,22)/b14-9+/t12-,16-/m0/s1. The Morgan fingerprint density at radius 2 is 2.17 bits per heavy atom. The van der Waals surface area contributed by atoms with Crippen molar-refractivity contribution in [3.63, 3.8) is 0 Å². The highest BCUT2D eigenvalue weighted by atomic mass is 16.5. The third-order valence-electron chi connectivity index (χ3n) is 4.33. The molecule has 0 aromatic heterocycles. The molecular formula is C18H22N2O3. The fourth-order valence-corrected chi connectivity index (χ4v) is 2.86. The fourth-order valence-electron chi connectivity index (χ4n) is 2.86. The predicted octanol–water partition coefficient (Wildman–Crippen LogP) is 3.00. The topological polar surface area (TPSA) is 82.3 Å². The number of phenolic OH excluding ortho intramolecular Hbond substituents is 1. The van der Waals surface area contributed by atoms with Gasteiger partial charge in [-0.1, -0.05) is 19.8 Å². The van der Waals surface area contributed by atoms with E-state index < -0.39 is 5.91 Å². The summed E-state index contributed by atoms with van der Waals surface area (Å²) >= 11 is 0. The summed E-state index contributed by atoms with van der Waals surface area (Å²) < 4.78 is 5.10. The Morgan fingerprint density at radius 3 is 2.83 bits per heavy atom. The van der Waals surface area contributed by atoms with E-state index in [2.05, 4.69) is 12.2 Å². The first-order valence-electron chi connectivity index (χ1n) is 7.84. The Kier molecular flexibility index (Phi) is 5.64. The van der Waals surface area contributed by atoms with E-state index >= 15 is 0 Å². The molecule has 5 heteroatoms. The van der Waals surface area contributed by atoms with Crippen LogP contribution in [0.1, 0.15) is 38.2 Å². The lowest BCUT2D eigenvalue weighted by Crippen LogP contribution is -2.41. The maximum Gasteiger partial charge on any atom is 0.262 e. The second-order valence-electron chi connectivity index (χ2n) is 5.94. The number of nitrogens with zero attached hydrogens (tertiary/aromatic N) is 1. The van der Waals surface area contributed by atoms with Gasteiger partial charge < -0.3 is 15.2 Å². The zero-order valence-electron chi connectivity index (χ0n) is 13.5. The van der Waals surface area contributed by atoms with Crippen LogP contribution in [0.25, 0.3) is 6.08 Å². The van der Waals surface area contributed by atoms with E-state index in [1.807, 2.05) is 6.07 Å². The van der Waals surface area contributed by atoms with E-state index in [1.54, 1.807) is 12.1 Å². The number of ether oxygens (including phenoxy) is 1. The van der Waals surface area contributed by atoms with Crippen LogP contribution in [0.5, 0.6) is 11.5 Å². The molecule has 5 nitrogen and oxygen atoms in total. The van der Waals surface area contributed by atoms with E-state index in [1.165, 1.54) is 25.7 Å². The zero-order chi connectivity index (χ0) is 16.8. The van der Waals surface area contributed by atoms with Crippen molar-refractivity contribution >= 4 is 12.0 Å². The molecule has 1 aliphatic carbocycles. The largest absolute Gasteiger partial charge is 0.507 e. The molecule has 1 amide bonds. The Labute approximate surface area is 136 Å². The molecule has 0 spiro atoms. The van der Waals surface area contributed by atoms with E-state index in [0.29, 0.717) is 17.2 Å². The first-order chi connectivity index (χ1) is 11.0. The maximum atomic E-state index is 12.3. The van der Waals surface area contributed by atoms with Crippen molar-refractivity contribution in [3.05, 3.63) is 29.3 Å². The van der Waals surface area contributed by atoms with Crippen molar-refractivity contribution in [1.29, 1.82) is 5.26 Å². The summed E-state index contributed by atoms with van der Waals surface area (Å²) in [4.78, 5) is 12.3. The SMILES string of the molecule is COc1ccc(O)c(/C=C(\C#N)C(=O)N[C@H]2CCCC[C@@H]2C)c1. The summed E-state index contributed by atoms with van der Waals surface area (Å²) in [5, 5.41) is 22.1. The van der Waals surface area contributed by atoms with Crippen LogP contribution in [-0.4, -0.2) is 24.2 Å². The number of hydrogen-bond donors (Lipinski definition) is 2. The molecule has 0 unspecified atom stereocenters. The van der Waals surface area contributed by atoms with Crippen molar-refractivity contribution < 1.29 is 14.6 Å². The Hall–Kier alpha value is -2.48. The summed E-state index contributed by atoms with van der Waals surface area (Å²) in [7, 11) is 1.52. The number of phenols is 1. The number of rotatable bonds is 4. The lowest BCUT2D eigenvalue weighted by Gasteiger charge is -2.29. The van der Waals surface area contributed by atoms with Crippen LogP contribution in [0.2, 0.25) is 0 Å². The fraction of sp³-hybridized carbons (Fsp3) is 0.444. The molecule has 1 fully saturated rings. The molecule has 1 aromatic carbocycles. The highest BCUT2D eigenvalue weighted by molar-refractivity contribution is 6.02. The first-order valence-corrected chi connectivity index (χ1v) is 7.84. The van der Waals surface area contributed by atoms with Gasteiger partial charge in [0.25, 0.3) is 5.91 Å². The minimum absolute atomic E-state index is 0.00242. The minimum atomic E-state index is -0.395. The lowest BCUT2D eigenvalue weighted by molar-refractivity contribution is -0.118. The maximum absolute atomic E-state index is 12.3. The number of carbonyl (C=O) groups is 1. The van der Waals surface area contributed by atoms with Gasteiger partial charge in [-0.2, -0.15) is 5.26 Å². The number of amides is 1. The highest BCUT2D eigenvalue weighted by Crippen LogP contribution is 2.26. The minimum Gasteiger partial charge on any atom is -0.507 e. The molecule has 2 rings (SSSR count). The van der Waals surface area contributed by atoms with Gasteiger partial charge in [-0.05, 0) is 43.0 Å². The van der Waals surface area contributed by atoms with Crippen LogP contribution in [-0.2, 0) is 4.79 Å². The summed E-state index contributed by atoms with van der Waals surface area (Å²) in [6.45, 7) is 2.12. The number of hydrogen-bond acceptors (Lipinski definition) is 4. The molecule has 1 saturated carbocycles. The van der Waals surface area contributed by atoms with Gasteiger partial charge in [-0.3, -0.25) is 4.79 Å². The van der Waals surface area contributed by atoms with Crippen molar-refractivity contribution in [1.82, 2.24) is 5.32 Å². The smallest absolute Gasteiger partial charge is 0.262 e. The number of nitrogens with one attached hydrogen (secondary N) is 1. The molecule has 1 aromatic rings. The monoisotopic (exact) mass is 314 g/mol. The molecule has 1 aliphatic rings. The van der Waals surface area contributed by atoms with Gasteiger partial charge >= 0.3 is 0 Å². The molecule has 0 saturated heterocycles. The van der Waals surface area contributed by atoms with Crippen LogP contribution in [0, 0.1) is 17.2 Å². The lowest BCUT2D eigenvalue weighted by atomic mass is 9.86. The summed E-state index contributed by atoms with van der Waals surface area (Å²) in [5.41, 5.74) is 0.360. The number of carbonyl (C=O) groups excluding carboxylic acids is 1. The third-order valence-corrected chi connectivity index (χ3v) is 4.33. The Bertz CT molecular complexity index is 646. The van der Waals surface area contributed by atoms with Crippen molar-refractivity contribution in [2.24, 2.45) is 5.92 Å². The second-order valence-corrected chi connectivity index (χ2v) is 5.94. The molecule has 0 bridgehead atoms. The van der Waals surface area contributed by atoms with Gasteiger partial charge in [0.15, 0.2) is 0 Å². The molecular weight excluding hydrogens is 292 g/mol.